The van der Waals surface area contributed by atoms with E-state index in [1.807, 2.05) is 97.1 Å². The van der Waals surface area contributed by atoms with E-state index in [0.717, 1.165) is 35.3 Å². The first-order valence-electron chi connectivity index (χ1n) is 13.7. The van der Waals surface area contributed by atoms with Gasteiger partial charge in [0, 0.05) is 0 Å². The number of carbonyl (C=O) groups excluding carboxylic acids is 1. The summed E-state index contributed by atoms with van der Waals surface area (Å²) < 4.78 is 13.7. The number of benzene rings is 3. The van der Waals surface area contributed by atoms with Crippen molar-refractivity contribution in [2.75, 3.05) is 6.61 Å². The van der Waals surface area contributed by atoms with Crippen molar-refractivity contribution < 1.29 is 14.3 Å². The second-order valence-electron chi connectivity index (χ2n) is 9.71. The standard InChI is InChI=1S/C34H32N2O4S/c1-3-4-22-39-28-20-18-27(19-21-28)31-30(33(38)40-23-26-14-9-6-10-15-26)24(2)35-34-36(31)32(37)29(41-34)17-11-16-25-12-7-5-8-13-25/h5-21,31H,3-4,22-23H2,1-2H3/b16-11+,29-17-. The molecular weight excluding hydrogens is 532 g/mol. The molecule has 0 aliphatic carbocycles. The summed E-state index contributed by atoms with van der Waals surface area (Å²) in [7, 11) is 0. The highest BCUT2D eigenvalue weighted by atomic mass is 32.1. The number of rotatable bonds is 10. The van der Waals surface area contributed by atoms with E-state index >= 15 is 0 Å². The number of nitrogens with zero attached hydrogens (tertiary/aromatic N) is 2. The van der Waals surface area contributed by atoms with Crippen molar-refractivity contribution in [1.29, 1.82) is 0 Å². The maximum atomic E-state index is 13.8. The fourth-order valence-electron chi connectivity index (χ4n) is 4.60. The molecule has 0 N–H and O–H groups in total. The van der Waals surface area contributed by atoms with Crippen LogP contribution in [0.25, 0.3) is 12.2 Å². The summed E-state index contributed by atoms with van der Waals surface area (Å²) in [4.78, 5) is 32.6. The molecule has 7 heteroatoms. The Labute approximate surface area is 243 Å². The first-order chi connectivity index (χ1) is 20.0. The zero-order chi connectivity index (χ0) is 28.6. The third kappa shape index (κ3) is 6.64. The van der Waals surface area contributed by atoms with Crippen molar-refractivity contribution in [3.05, 3.63) is 139 Å². The minimum absolute atomic E-state index is 0.127. The Morgan fingerprint density at radius 3 is 2.41 bits per heavy atom. The summed E-state index contributed by atoms with van der Waals surface area (Å²) in [6.45, 7) is 4.67. The van der Waals surface area contributed by atoms with E-state index in [0.29, 0.717) is 27.2 Å². The summed E-state index contributed by atoms with van der Waals surface area (Å²) >= 11 is 1.31. The summed E-state index contributed by atoms with van der Waals surface area (Å²) in [5.41, 5.74) is 3.37. The van der Waals surface area contributed by atoms with Gasteiger partial charge in [0.1, 0.15) is 12.4 Å². The van der Waals surface area contributed by atoms with Gasteiger partial charge < -0.3 is 9.47 Å². The molecule has 208 valence electrons. The van der Waals surface area contributed by atoms with Crippen LogP contribution in [-0.2, 0) is 16.1 Å². The monoisotopic (exact) mass is 564 g/mol. The number of thiazole rings is 1. The van der Waals surface area contributed by atoms with Crippen LogP contribution in [0.5, 0.6) is 5.75 Å². The van der Waals surface area contributed by atoms with Crippen LogP contribution in [0.3, 0.4) is 0 Å². The number of esters is 1. The lowest BCUT2D eigenvalue weighted by Crippen LogP contribution is -2.39. The van der Waals surface area contributed by atoms with Crippen molar-refractivity contribution in [2.24, 2.45) is 4.99 Å². The average Bonchev–Trinajstić information content (AvgIpc) is 3.31. The van der Waals surface area contributed by atoms with Crippen molar-refractivity contribution >= 4 is 29.5 Å². The number of unbranched alkanes of at least 4 members (excludes halogenated alkanes) is 1. The Hall–Kier alpha value is -4.49. The predicted molar refractivity (Wildman–Crippen MR) is 163 cm³/mol. The molecule has 0 saturated carbocycles. The largest absolute Gasteiger partial charge is 0.494 e. The van der Waals surface area contributed by atoms with Gasteiger partial charge in [0.2, 0.25) is 0 Å². The van der Waals surface area contributed by atoms with Gasteiger partial charge in [0.05, 0.1) is 28.5 Å². The van der Waals surface area contributed by atoms with Gasteiger partial charge in [-0.15, -0.1) is 0 Å². The second-order valence-corrected chi connectivity index (χ2v) is 10.7. The molecule has 1 unspecified atom stereocenters. The Kier molecular flexibility index (Phi) is 9.06. The molecule has 1 atom stereocenters. The van der Waals surface area contributed by atoms with Crippen LogP contribution in [0.15, 0.2) is 112 Å². The summed E-state index contributed by atoms with van der Waals surface area (Å²) in [5, 5.41) is 0. The zero-order valence-corrected chi connectivity index (χ0v) is 24.0. The first kappa shape index (κ1) is 28.1. The number of aromatic nitrogens is 1. The van der Waals surface area contributed by atoms with Gasteiger partial charge in [-0.05, 0) is 48.2 Å². The third-order valence-electron chi connectivity index (χ3n) is 6.75. The highest BCUT2D eigenvalue weighted by molar-refractivity contribution is 7.07. The lowest BCUT2D eigenvalue weighted by molar-refractivity contribution is -0.140. The molecule has 0 spiro atoms. The summed E-state index contributed by atoms with van der Waals surface area (Å²) in [6, 6.07) is 26.3. The molecule has 3 aromatic carbocycles. The normalized spacial score (nSPS) is 15.1. The van der Waals surface area contributed by atoms with E-state index in [2.05, 4.69) is 11.9 Å². The Morgan fingerprint density at radius 2 is 1.71 bits per heavy atom. The van der Waals surface area contributed by atoms with Gasteiger partial charge in [0.15, 0.2) is 4.80 Å². The molecule has 41 heavy (non-hydrogen) atoms. The van der Waals surface area contributed by atoms with E-state index in [1.165, 1.54) is 11.3 Å². The molecule has 6 nitrogen and oxygen atoms in total. The van der Waals surface area contributed by atoms with Gasteiger partial charge in [-0.1, -0.05) is 110 Å². The maximum absolute atomic E-state index is 13.8. The second kappa shape index (κ2) is 13.2. The van der Waals surface area contributed by atoms with Crippen LogP contribution < -0.4 is 19.6 Å². The fraction of sp³-hybridized carbons (Fsp3) is 0.206. The quantitative estimate of drug-likeness (QED) is 0.180. The lowest BCUT2D eigenvalue weighted by Gasteiger charge is -2.25. The van der Waals surface area contributed by atoms with E-state index in [4.69, 9.17) is 9.47 Å². The highest BCUT2D eigenvalue weighted by Gasteiger charge is 2.33. The van der Waals surface area contributed by atoms with Crippen LogP contribution in [-0.4, -0.2) is 17.1 Å². The minimum Gasteiger partial charge on any atom is -0.494 e. The molecule has 4 aromatic rings. The van der Waals surface area contributed by atoms with Gasteiger partial charge in [0.25, 0.3) is 5.56 Å². The van der Waals surface area contributed by atoms with Crippen LogP contribution in [0.1, 0.15) is 49.4 Å². The number of ether oxygens (including phenoxy) is 2. The van der Waals surface area contributed by atoms with Crippen molar-refractivity contribution in [3.63, 3.8) is 0 Å². The molecule has 1 aliphatic heterocycles. The molecule has 0 saturated heterocycles. The number of fused-ring (bicyclic) bond motifs is 1. The smallest absolute Gasteiger partial charge is 0.338 e. The molecule has 1 aromatic heterocycles. The van der Waals surface area contributed by atoms with Gasteiger partial charge >= 0.3 is 5.97 Å². The van der Waals surface area contributed by atoms with Crippen molar-refractivity contribution in [1.82, 2.24) is 4.57 Å². The number of allylic oxidation sites excluding steroid dienone is 2. The van der Waals surface area contributed by atoms with E-state index in [9.17, 15) is 9.59 Å². The van der Waals surface area contributed by atoms with Gasteiger partial charge in [-0.25, -0.2) is 9.79 Å². The van der Waals surface area contributed by atoms with Crippen LogP contribution in [0.2, 0.25) is 0 Å². The molecule has 1 aliphatic rings. The summed E-state index contributed by atoms with van der Waals surface area (Å²) in [6.07, 6.45) is 7.63. The molecule has 0 radical (unpaired) electrons. The number of hydrogen-bond acceptors (Lipinski definition) is 6. The van der Waals surface area contributed by atoms with Crippen molar-refractivity contribution in [2.45, 2.75) is 39.3 Å². The third-order valence-corrected chi connectivity index (χ3v) is 7.75. The Balaban J connectivity index is 1.52. The Morgan fingerprint density at radius 1 is 1.00 bits per heavy atom. The summed E-state index contributed by atoms with van der Waals surface area (Å²) in [5.74, 6) is 0.246. The molecular formula is C34H32N2O4S. The average molecular weight is 565 g/mol. The fourth-order valence-corrected chi connectivity index (χ4v) is 5.60. The molecule has 2 heterocycles. The van der Waals surface area contributed by atoms with E-state index in [1.54, 1.807) is 17.6 Å². The van der Waals surface area contributed by atoms with Crippen LogP contribution in [0.4, 0.5) is 0 Å². The lowest BCUT2D eigenvalue weighted by atomic mass is 9.96. The van der Waals surface area contributed by atoms with Crippen LogP contribution in [0, 0.1) is 0 Å². The molecule has 0 bridgehead atoms. The predicted octanol–water partition coefficient (Wildman–Crippen LogP) is 5.82. The van der Waals surface area contributed by atoms with Crippen LogP contribution >= 0.6 is 11.3 Å². The SMILES string of the molecule is CCCCOc1ccc(C2C(C(=O)OCc3ccccc3)=C(C)N=c3s/c(=C\C=C\c4ccccc4)c(=O)n32)cc1. The van der Waals surface area contributed by atoms with Gasteiger partial charge in [-0.2, -0.15) is 0 Å². The number of hydrogen-bond donors (Lipinski definition) is 0. The van der Waals surface area contributed by atoms with E-state index in [-0.39, 0.29) is 12.2 Å². The Bertz CT molecular complexity index is 1730. The maximum Gasteiger partial charge on any atom is 0.338 e. The molecule has 0 fully saturated rings. The zero-order valence-electron chi connectivity index (χ0n) is 23.2. The van der Waals surface area contributed by atoms with Crippen molar-refractivity contribution in [3.8, 4) is 5.75 Å². The molecule has 0 amide bonds. The first-order valence-corrected chi connectivity index (χ1v) is 14.5. The highest BCUT2D eigenvalue weighted by Crippen LogP contribution is 2.32. The van der Waals surface area contributed by atoms with E-state index < -0.39 is 12.0 Å². The number of carbonyl (C=O) groups is 1. The topological polar surface area (TPSA) is 69.9 Å². The minimum atomic E-state index is -0.681. The van der Waals surface area contributed by atoms with Gasteiger partial charge in [-0.3, -0.25) is 9.36 Å². The molecule has 5 rings (SSSR count).